The van der Waals surface area contributed by atoms with Crippen LogP contribution in [0.3, 0.4) is 0 Å². The fraction of sp³-hybridized carbons (Fsp3) is 0.235. The number of carbonyl (C=O) groups excluding carboxylic acids is 1. The Labute approximate surface area is 151 Å². The Balaban J connectivity index is 2.19. The lowest BCUT2D eigenvalue weighted by molar-refractivity contribution is 0.0951. The topological polar surface area (TPSA) is 75.3 Å². The Morgan fingerprint density at radius 3 is 2.40 bits per heavy atom. The maximum Gasteiger partial charge on any atom is 0.253 e. The number of carbonyl (C=O) groups is 1. The Hall–Kier alpha value is -1.96. The van der Waals surface area contributed by atoms with Crippen LogP contribution in [0.15, 0.2) is 47.4 Å². The standard InChI is InChI=1S/C17H18ClFN2O3S/c1-11(2)21-25(23,24)14-7-8-16(18)15(9-14)17(22)20-10-12-3-5-13(19)6-4-12/h3-9,11,21H,10H2,1-2H3,(H,20,22). The average Bonchev–Trinajstić information content (AvgIpc) is 2.53. The largest absolute Gasteiger partial charge is 0.348 e. The zero-order chi connectivity index (χ0) is 18.6. The first-order valence-corrected chi connectivity index (χ1v) is 9.39. The van der Waals surface area contributed by atoms with Gasteiger partial charge in [0, 0.05) is 12.6 Å². The molecule has 0 aliphatic carbocycles. The van der Waals surface area contributed by atoms with Crippen molar-refractivity contribution in [2.24, 2.45) is 0 Å². The van der Waals surface area contributed by atoms with E-state index in [0.717, 1.165) is 0 Å². The van der Waals surface area contributed by atoms with E-state index in [0.29, 0.717) is 5.56 Å². The minimum atomic E-state index is -3.73. The van der Waals surface area contributed by atoms with Crippen LogP contribution in [0.2, 0.25) is 5.02 Å². The summed E-state index contributed by atoms with van der Waals surface area (Å²) in [5.74, 6) is -0.885. The fourth-order valence-electron chi connectivity index (χ4n) is 2.10. The van der Waals surface area contributed by atoms with Crippen molar-refractivity contribution in [2.45, 2.75) is 31.3 Å². The number of halogens is 2. The normalized spacial score (nSPS) is 11.6. The summed E-state index contributed by atoms with van der Waals surface area (Å²) in [6.07, 6.45) is 0. The lowest BCUT2D eigenvalue weighted by Crippen LogP contribution is -2.30. The van der Waals surface area contributed by atoms with Gasteiger partial charge >= 0.3 is 0 Å². The molecule has 2 aromatic carbocycles. The molecular weight excluding hydrogens is 367 g/mol. The predicted molar refractivity (Wildman–Crippen MR) is 94.5 cm³/mol. The molecule has 0 fully saturated rings. The zero-order valence-corrected chi connectivity index (χ0v) is 15.3. The second kappa shape index (κ2) is 7.95. The van der Waals surface area contributed by atoms with Crippen LogP contribution < -0.4 is 10.0 Å². The van der Waals surface area contributed by atoms with Crippen molar-refractivity contribution in [1.29, 1.82) is 0 Å². The van der Waals surface area contributed by atoms with Crippen molar-refractivity contribution < 1.29 is 17.6 Å². The van der Waals surface area contributed by atoms with Gasteiger partial charge in [0.05, 0.1) is 15.5 Å². The summed E-state index contributed by atoms with van der Waals surface area (Å²) in [5, 5.41) is 2.77. The summed E-state index contributed by atoms with van der Waals surface area (Å²) < 4.78 is 39.8. The molecule has 0 aliphatic heterocycles. The number of benzene rings is 2. The van der Waals surface area contributed by atoms with E-state index in [4.69, 9.17) is 11.6 Å². The Bertz CT molecular complexity index is 868. The van der Waals surface area contributed by atoms with E-state index in [-0.39, 0.29) is 33.9 Å². The minimum Gasteiger partial charge on any atom is -0.348 e. The maximum absolute atomic E-state index is 12.9. The van der Waals surface area contributed by atoms with Crippen molar-refractivity contribution in [1.82, 2.24) is 10.0 Å². The van der Waals surface area contributed by atoms with Gasteiger partial charge in [-0.2, -0.15) is 0 Å². The molecule has 0 radical (unpaired) electrons. The highest BCUT2D eigenvalue weighted by Crippen LogP contribution is 2.21. The summed E-state index contributed by atoms with van der Waals surface area (Å²) in [5.41, 5.74) is 0.756. The van der Waals surface area contributed by atoms with Crippen LogP contribution in [0.4, 0.5) is 4.39 Å². The molecule has 2 aromatic rings. The molecule has 2 rings (SSSR count). The second-order valence-electron chi connectivity index (χ2n) is 5.73. The molecule has 0 aromatic heterocycles. The van der Waals surface area contributed by atoms with Gasteiger partial charge in [-0.05, 0) is 49.7 Å². The molecule has 0 atom stereocenters. The smallest absolute Gasteiger partial charge is 0.253 e. The van der Waals surface area contributed by atoms with E-state index in [1.807, 2.05) is 0 Å². The van der Waals surface area contributed by atoms with E-state index in [9.17, 15) is 17.6 Å². The van der Waals surface area contributed by atoms with Crippen molar-refractivity contribution in [3.8, 4) is 0 Å². The van der Waals surface area contributed by atoms with E-state index >= 15 is 0 Å². The van der Waals surface area contributed by atoms with Gasteiger partial charge in [-0.15, -0.1) is 0 Å². The summed E-state index contributed by atoms with van der Waals surface area (Å²) >= 11 is 6.02. The van der Waals surface area contributed by atoms with E-state index in [1.54, 1.807) is 26.0 Å². The predicted octanol–water partition coefficient (Wildman–Crippen LogP) is 3.10. The molecule has 0 aliphatic rings. The van der Waals surface area contributed by atoms with E-state index in [1.165, 1.54) is 30.3 Å². The van der Waals surface area contributed by atoms with E-state index in [2.05, 4.69) is 10.0 Å². The molecule has 2 N–H and O–H groups in total. The van der Waals surface area contributed by atoms with Crippen LogP contribution in [0.1, 0.15) is 29.8 Å². The molecule has 0 saturated heterocycles. The number of nitrogens with one attached hydrogen (secondary N) is 2. The lowest BCUT2D eigenvalue weighted by atomic mass is 10.2. The molecule has 0 bridgehead atoms. The Morgan fingerprint density at radius 1 is 1.16 bits per heavy atom. The third-order valence-electron chi connectivity index (χ3n) is 3.25. The van der Waals surface area contributed by atoms with Gasteiger partial charge in [-0.1, -0.05) is 23.7 Å². The van der Waals surface area contributed by atoms with Crippen LogP contribution in [0.25, 0.3) is 0 Å². The van der Waals surface area contributed by atoms with Gasteiger partial charge in [0.25, 0.3) is 5.91 Å². The third-order valence-corrected chi connectivity index (χ3v) is 5.24. The summed E-state index contributed by atoms with van der Waals surface area (Å²) in [6.45, 7) is 3.56. The minimum absolute atomic E-state index is 0.0440. The summed E-state index contributed by atoms with van der Waals surface area (Å²) in [4.78, 5) is 12.3. The highest BCUT2D eigenvalue weighted by atomic mass is 35.5. The number of amides is 1. The van der Waals surface area contributed by atoms with Crippen molar-refractivity contribution in [2.75, 3.05) is 0 Å². The molecule has 1 amide bonds. The molecule has 0 heterocycles. The molecule has 134 valence electrons. The number of sulfonamides is 1. The molecule has 25 heavy (non-hydrogen) atoms. The van der Waals surface area contributed by atoms with Gasteiger partial charge in [0.1, 0.15) is 5.82 Å². The molecule has 0 unspecified atom stereocenters. The molecular formula is C17H18ClFN2O3S. The fourth-order valence-corrected chi connectivity index (χ4v) is 3.58. The zero-order valence-electron chi connectivity index (χ0n) is 13.7. The first-order valence-electron chi connectivity index (χ1n) is 7.53. The number of hydrogen-bond donors (Lipinski definition) is 2. The summed E-state index contributed by atoms with van der Waals surface area (Å²) in [6, 6.07) is 9.32. The molecule has 8 heteroatoms. The molecule has 0 saturated carbocycles. The highest BCUT2D eigenvalue weighted by molar-refractivity contribution is 7.89. The first kappa shape index (κ1) is 19.4. The number of rotatable bonds is 6. The van der Waals surface area contributed by atoms with Crippen molar-refractivity contribution in [3.05, 3.63) is 64.4 Å². The Morgan fingerprint density at radius 2 is 1.80 bits per heavy atom. The second-order valence-corrected chi connectivity index (χ2v) is 7.85. The van der Waals surface area contributed by atoms with Crippen LogP contribution >= 0.6 is 11.6 Å². The average molecular weight is 385 g/mol. The SMILES string of the molecule is CC(C)NS(=O)(=O)c1ccc(Cl)c(C(=O)NCc2ccc(F)cc2)c1. The quantitative estimate of drug-likeness (QED) is 0.803. The van der Waals surface area contributed by atoms with Crippen molar-refractivity contribution >= 4 is 27.5 Å². The monoisotopic (exact) mass is 384 g/mol. The summed E-state index contributed by atoms with van der Waals surface area (Å²) in [7, 11) is -3.73. The first-order chi connectivity index (χ1) is 11.7. The lowest BCUT2D eigenvalue weighted by Gasteiger charge is -2.12. The van der Waals surface area contributed by atoms with Gasteiger partial charge in [0.15, 0.2) is 0 Å². The van der Waals surface area contributed by atoms with Gasteiger partial charge in [0.2, 0.25) is 10.0 Å². The molecule has 5 nitrogen and oxygen atoms in total. The maximum atomic E-state index is 12.9. The third kappa shape index (κ3) is 5.26. The van der Waals surface area contributed by atoms with Gasteiger partial charge in [-0.25, -0.2) is 17.5 Å². The van der Waals surface area contributed by atoms with Crippen LogP contribution in [-0.2, 0) is 16.6 Å². The van der Waals surface area contributed by atoms with Crippen LogP contribution in [-0.4, -0.2) is 20.4 Å². The highest BCUT2D eigenvalue weighted by Gasteiger charge is 2.19. The van der Waals surface area contributed by atoms with E-state index < -0.39 is 15.9 Å². The van der Waals surface area contributed by atoms with Crippen molar-refractivity contribution in [3.63, 3.8) is 0 Å². The molecule has 0 spiro atoms. The van der Waals surface area contributed by atoms with Gasteiger partial charge in [-0.3, -0.25) is 4.79 Å². The van der Waals surface area contributed by atoms with Gasteiger partial charge < -0.3 is 5.32 Å². The van der Waals surface area contributed by atoms with Crippen LogP contribution in [0, 0.1) is 5.82 Å². The Kier molecular flexibility index (Phi) is 6.16. The van der Waals surface area contributed by atoms with Crippen LogP contribution in [0.5, 0.6) is 0 Å². The number of hydrogen-bond acceptors (Lipinski definition) is 3.